The number of carbonyl (C=O) groups excluding carboxylic acids is 2. The van der Waals surface area contributed by atoms with E-state index in [0.29, 0.717) is 0 Å². The smallest absolute Gasteiger partial charge is 0.374 e. The Hall–Kier alpha value is -1.12. The van der Waals surface area contributed by atoms with Gasteiger partial charge in [0.1, 0.15) is 6.58 Å². The molecule has 50 valence electrons. The molecule has 0 radical (unpaired) electrons. The summed E-state index contributed by atoms with van der Waals surface area (Å²) in [6.45, 7) is 3.14. The van der Waals surface area contributed by atoms with Crippen molar-refractivity contribution >= 4 is 11.8 Å². The summed E-state index contributed by atoms with van der Waals surface area (Å²) in [6.07, 6.45) is 1.11. The second kappa shape index (κ2) is 3.83. The molecule has 0 aliphatic heterocycles. The lowest BCUT2D eigenvalue weighted by molar-refractivity contribution is -0.151. The number of hydrogen-bond donors (Lipinski definition) is 0. The Morgan fingerprint density at radius 2 is 2.44 bits per heavy atom. The number of carbonyl (C=O) groups is 2. The van der Waals surface area contributed by atoms with Gasteiger partial charge in [0, 0.05) is 6.92 Å². The lowest BCUT2D eigenvalue weighted by Crippen LogP contribution is -2.13. The molecule has 0 aromatic rings. The minimum absolute atomic E-state index is 0.709. The maximum atomic E-state index is 10.4. The lowest BCUT2D eigenvalue weighted by Gasteiger charge is -1.94. The molecule has 0 aromatic carbocycles. The van der Waals surface area contributed by atoms with Crippen molar-refractivity contribution in [1.82, 2.24) is 0 Å². The second-order valence-corrected chi connectivity index (χ2v) is 1.33. The number of ether oxygens (including phenoxy) is 1. The summed E-state index contributed by atoms with van der Waals surface area (Å²) < 4.78 is 11.1. The van der Waals surface area contributed by atoms with Gasteiger partial charge in [-0.1, -0.05) is 12.7 Å². The van der Waals surface area contributed by atoms with Crippen molar-refractivity contribution in [3.8, 4) is 0 Å². The molecule has 0 saturated carbocycles. The Balaban J connectivity index is 3.79. The first-order valence-corrected chi connectivity index (χ1v) is 2.34. The highest BCUT2D eigenvalue weighted by molar-refractivity contribution is 6.32. The molecule has 0 rings (SSSR count). The summed E-state index contributed by atoms with van der Waals surface area (Å²) in [5.41, 5.74) is 0. The van der Waals surface area contributed by atoms with Gasteiger partial charge in [0.05, 0.1) is 1.37 Å². The molecule has 0 fully saturated rings. The summed E-state index contributed by atoms with van der Waals surface area (Å²) in [7, 11) is 0. The van der Waals surface area contributed by atoms with Crippen LogP contribution in [0.2, 0.25) is 0 Å². The van der Waals surface area contributed by atoms with Gasteiger partial charge in [0.2, 0.25) is 5.78 Å². The highest BCUT2D eigenvalue weighted by atomic mass is 16.6. The van der Waals surface area contributed by atoms with E-state index in [4.69, 9.17) is 1.37 Å². The summed E-state index contributed by atoms with van der Waals surface area (Å²) in [5.74, 6) is -1.71. The molecule has 0 bridgehead atoms. The Morgan fingerprint density at radius 3 is 2.78 bits per heavy atom. The lowest BCUT2D eigenvalue weighted by atomic mass is 10.6. The molecule has 0 aliphatic rings. The quantitative estimate of drug-likeness (QED) is 0.239. The second-order valence-electron chi connectivity index (χ2n) is 1.33. The molecule has 0 aromatic heterocycles. The van der Waals surface area contributed by atoms with Crippen molar-refractivity contribution in [2.45, 2.75) is 6.92 Å². The van der Waals surface area contributed by atoms with E-state index >= 15 is 0 Å². The molecular weight excluding hydrogens is 121 g/mol. The maximum Gasteiger partial charge on any atom is 0.374 e. The van der Waals surface area contributed by atoms with Crippen molar-refractivity contribution in [2.24, 2.45) is 0 Å². The van der Waals surface area contributed by atoms with Crippen LogP contribution in [0.5, 0.6) is 0 Å². The van der Waals surface area contributed by atoms with Crippen LogP contribution < -0.4 is 0 Å². The first kappa shape index (κ1) is 6.01. The number of ketones is 1. The van der Waals surface area contributed by atoms with E-state index in [1.807, 2.05) is 0 Å². The normalized spacial score (nSPS) is 13.2. The first-order valence-electron chi connectivity index (χ1n) is 2.92. The van der Waals surface area contributed by atoms with Crippen LogP contribution in [0.3, 0.4) is 0 Å². The molecule has 3 nitrogen and oxygen atoms in total. The third-order valence-electron chi connectivity index (χ3n) is 0.559. The third-order valence-corrected chi connectivity index (χ3v) is 0.559. The molecular formula is C6H8O3. The molecule has 1 unspecified atom stereocenters. The minimum atomic E-state index is -1.14. The van der Waals surface area contributed by atoms with Gasteiger partial charge in [-0.05, 0) is 0 Å². The molecule has 0 aliphatic carbocycles. The molecule has 9 heavy (non-hydrogen) atoms. The van der Waals surface area contributed by atoms with E-state index in [1.54, 1.807) is 0 Å². The Kier molecular flexibility index (Phi) is 2.56. The van der Waals surface area contributed by atoms with Gasteiger partial charge in [-0.25, -0.2) is 4.79 Å². The van der Waals surface area contributed by atoms with Crippen molar-refractivity contribution in [1.29, 1.82) is 0 Å². The fourth-order valence-electron chi connectivity index (χ4n) is 0.193. The van der Waals surface area contributed by atoms with E-state index in [1.165, 1.54) is 0 Å². The molecule has 0 N–H and O–H groups in total. The topological polar surface area (TPSA) is 43.4 Å². The summed E-state index contributed by atoms with van der Waals surface area (Å²) >= 11 is 0. The minimum Gasteiger partial charge on any atom is -0.456 e. The average Bonchev–Trinajstić information content (AvgIpc) is 1.87. The van der Waals surface area contributed by atoms with E-state index in [0.717, 1.165) is 13.0 Å². The predicted octanol–water partition coefficient (Wildman–Crippen LogP) is 0.305. The van der Waals surface area contributed by atoms with Gasteiger partial charge >= 0.3 is 5.97 Å². The number of Topliss-reactive ketones (excluding diaryl/α,β-unsaturated/α-hetero) is 1. The zero-order valence-electron chi connectivity index (χ0n) is 6.09. The molecule has 3 heteroatoms. The Labute approximate surface area is 54.7 Å². The zero-order valence-corrected chi connectivity index (χ0v) is 5.09. The van der Waals surface area contributed by atoms with Crippen LogP contribution in [0.4, 0.5) is 0 Å². The Bertz CT molecular complexity index is 164. The first-order chi connectivity index (χ1) is 4.57. The molecule has 0 heterocycles. The maximum absolute atomic E-state index is 10.4. The summed E-state index contributed by atoms with van der Waals surface area (Å²) in [5, 5.41) is 0. The molecule has 0 spiro atoms. The largest absolute Gasteiger partial charge is 0.456 e. The fourth-order valence-corrected chi connectivity index (χ4v) is 0.193. The van der Waals surface area contributed by atoms with Gasteiger partial charge in [0.25, 0.3) is 0 Å². The van der Waals surface area contributed by atoms with Crippen LogP contribution in [0.1, 0.15) is 8.29 Å². The highest BCUT2D eigenvalue weighted by Crippen LogP contribution is 1.79. The van der Waals surface area contributed by atoms with Gasteiger partial charge in [-0.3, -0.25) is 4.79 Å². The Morgan fingerprint density at radius 1 is 1.89 bits per heavy atom. The highest BCUT2D eigenvalue weighted by Gasteiger charge is 2.05. The summed E-state index contributed by atoms with van der Waals surface area (Å²) in [6, 6.07) is 0. The van der Waals surface area contributed by atoms with Gasteiger partial charge in [-0.2, -0.15) is 0 Å². The van der Waals surface area contributed by atoms with E-state index in [9.17, 15) is 9.59 Å². The SMILES string of the molecule is [2H]C(C=C)O[13C](=O)C(C)=O. The van der Waals surface area contributed by atoms with Crippen molar-refractivity contribution in [2.75, 3.05) is 6.58 Å². The predicted molar refractivity (Wildman–Crippen MR) is 31.8 cm³/mol. The van der Waals surface area contributed by atoms with Gasteiger partial charge in [0.15, 0.2) is 0 Å². The van der Waals surface area contributed by atoms with Crippen molar-refractivity contribution in [3.63, 3.8) is 0 Å². The van der Waals surface area contributed by atoms with Crippen LogP contribution in [0, 0.1) is 0 Å². The number of hydrogen-bond acceptors (Lipinski definition) is 3. The zero-order chi connectivity index (χ0) is 8.15. The van der Waals surface area contributed by atoms with Gasteiger partial charge < -0.3 is 4.74 Å². The van der Waals surface area contributed by atoms with Crippen molar-refractivity contribution < 1.29 is 15.7 Å². The molecule has 0 amide bonds. The third kappa shape index (κ3) is 3.46. The molecule has 0 saturated heterocycles. The number of esters is 1. The van der Waals surface area contributed by atoms with Crippen LogP contribution in [-0.2, 0) is 14.3 Å². The average molecular weight is 130 g/mol. The van der Waals surface area contributed by atoms with E-state index in [-0.39, 0.29) is 0 Å². The van der Waals surface area contributed by atoms with Crippen LogP contribution in [0.15, 0.2) is 12.7 Å². The standard InChI is InChI=1S/C6H8O3/c1-3-4-9-6(8)5(2)7/h3H,1,4H2,2H3/i4D,6+1. The van der Waals surface area contributed by atoms with Crippen LogP contribution >= 0.6 is 0 Å². The van der Waals surface area contributed by atoms with Crippen LogP contribution in [-0.4, -0.2) is 18.3 Å². The van der Waals surface area contributed by atoms with Crippen LogP contribution in [0.25, 0.3) is 0 Å². The molecule has 1 atom stereocenters. The fraction of sp³-hybridized carbons (Fsp3) is 0.333. The monoisotopic (exact) mass is 130 g/mol. The van der Waals surface area contributed by atoms with Crippen molar-refractivity contribution in [3.05, 3.63) is 12.7 Å². The number of rotatable bonds is 3. The van der Waals surface area contributed by atoms with E-state index < -0.39 is 18.3 Å². The van der Waals surface area contributed by atoms with E-state index in [2.05, 4.69) is 11.3 Å². The summed E-state index contributed by atoms with van der Waals surface area (Å²) in [4.78, 5) is 20.6. The van der Waals surface area contributed by atoms with Gasteiger partial charge in [-0.15, -0.1) is 0 Å².